The summed E-state index contributed by atoms with van der Waals surface area (Å²) in [6.07, 6.45) is 13.5. The molecule has 1 aliphatic rings. The van der Waals surface area contributed by atoms with E-state index in [9.17, 15) is 15.0 Å². The van der Waals surface area contributed by atoms with Crippen LogP contribution in [0.4, 0.5) is 0 Å². The summed E-state index contributed by atoms with van der Waals surface area (Å²) in [5, 5.41) is 21.0. The Labute approximate surface area is 183 Å². The van der Waals surface area contributed by atoms with Gasteiger partial charge in [0.25, 0.3) is 0 Å². The number of likely N-dealkylation sites (tertiary alicyclic amines) is 1. The van der Waals surface area contributed by atoms with Crippen molar-refractivity contribution < 1.29 is 15.0 Å². The number of aryl methyl sites for hydroxylation is 1. The van der Waals surface area contributed by atoms with Gasteiger partial charge in [-0.15, -0.1) is 0 Å². The first-order valence-electron chi connectivity index (χ1n) is 10.0. The first kappa shape index (κ1) is 23.7. The maximum Gasteiger partial charge on any atom is 0.222 e. The van der Waals surface area contributed by atoms with Gasteiger partial charge in [0.2, 0.25) is 5.91 Å². The molecular formula is C23H29Cl2NO3. The van der Waals surface area contributed by atoms with E-state index in [1.165, 1.54) is 0 Å². The quantitative estimate of drug-likeness (QED) is 0.520. The smallest absolute Gasteiger partial charge is 0.222 e. The van der Waals surface area contributed by atoms with Gasteiger partial charge in [0.15, 0.2) is 0 Å². The Balaban J connectivity index is 1.62. The van der Waals surface area contributed by atoms with E-state index in [4.69, 9.17) is 23.2 Å². The number of hydrogen-bond donors (Lipinski definition) is 2. The molecule has 0 spiro atoms. The van der Waals surface area contributed by atoms with Crippen LogP contribution in [0.3, 0.4) is 0 Å². The molecule has 6 heteroatoms. The number of aliphatic hydroxyl groups excluding tert-OH is 2. The molecular weight excluding hydrogens is 409 g/mol. The van der Waals surface area contributed by atoms with E-state index in [1.807, 2.05) is 17.0 Å². The summed E-state index contributed by atoms with van der Waals surface area (Å²) in [6.45, 7) is 1.69. The van der Waals surface area contributed by atoms with Crippen molar-refractivity contribution in [2.24, 2.45) is 0 Å². The number of amides is 1. The number of aliphatic hydroxyl groups is 2. The third kappa shape index (κ3) is 9.18. The van der Waals surface area contributed by atoms with Crippen LogP contribution in [0.15, 0.2) is 54.7 Å². The maximum atomic E-state index is 11.9. The number of carbonyl (C=O) groups excluding carboxylic acids is 1. The van der Waals surface area contributed by atoms with Gasteiger partial charge in [0.1, 0.15) is 0 Å². The predicted molar refractivity (Wildman–Crippen MR) is 119 cm³/mol. The highest BCUT2D eigenvalue weighted by Crippen LogP contribution is 2.23. The molecule has 2 rings (SSSR count). The standard InChI is InChI=1S/C23H29Cl2NO3/c24-21-13-10-18(17-22(21)25)9-11-19(27)7-3-1-2-4-8-20(28)12-14-23(29)26-15-5-6-16-26/h1-4,7-8,10,13,17,19-20,27-28H,5-6,9,11-12,14-16H2/b2-1+,7-3+,8-4+. The highest BCUT2D eigenvalue weighted by molar-refractivity contribution is 6.42. The molecule has 1 amide bonds. The average Bonchev–Trinajstić information content (AvgIpc) is 3.24. The van der Waals surface area contributed by atoms with Crippen molar-refractivity contribution in [2.45, 2.75) is 50.7 Å². The van der Waals surface area contributed by atoms with Gasteiger partial charge in [-0.3, -0.25) is 4.79 Å². The fourth-order valence-electron chi connectivity index (χ4n) is 3.11. The molecule has 158 valence electrons. The fourth-order valence-corrected chi connectivity index (χ4v) is 3.43. The van der Waals surface area contributed by atoms with Crippen LogP contribution in [0, 0.1) is 0 Å². The topological polar surface area (TPSA) is 60.8 Å². The van der Waals surface area contributed by atoms with E-state index < -0.39 is 12.2 Å². The number of benzene rings is 1. The highest BCUT2D eigenvalue weighted by Gasteiger charge is 2.17. The second-order valence-electron chi connectivity index (χ2n) is 7.20. The van der Waals surface area contributed by atoms with Gasteiger partial charge in [-0.1, -0.05) is 65.7 Å². The Morgan fingerprint density at radius 3 is 2.21 bits per heavy atom. The van der Waals surface area contributed by atoms with Gasteiger partial charge in [-0.05, 0) is 49.8 Å². The van der Waals surface area contributed by atoms with E-state index >= 15 is 0 Å². The molecule has 1 aliphatic heterocycles. The second-order valence-corrected chi connectivity index (χ2v) is 8.02. The van der Waals surface area contributed by atoms with Crippen molar-refractivity contribution in [1.82, 2.24) is 4.90 Å². The first-order chi connectivity index (χ1) is 14.0. The predicted octanol–water partition coefficient (Wildman–Crippen LogP) is 4.72. The van der Waals surface area contributed by atoms with Crippen LogP contribution >= 0.6 is 23.2 Å². The van der Waals surface area contributed by atoms with Crippen molar-refractivity contribution in [3.05, 3.63) is 70.3 Å². The largest absolute Gasteiger partial charge is 0.389 e. The summed E-state index contributed by atoms with van der Waals surface area (Å²) in [4.78, 5) is 13.8. The molecule has 1 aromatic rings. The van der Waals surface area contributed by atoms with Gasteiger partial charge in [0.05, 0.1) is 22.3 Å². The molecule has 1 fully saturated rings. The summed E-state index contributed by atoms with van der Waals surface area (Å²) in [6, 6.07) is 5.47. The second kappa shape index (κ2) is 12.9. The zero-order valence-electron chi connectivity index (χ0n) is 16.5. The van der Waals surface area contributed by atoms with Gasteiger partial charge in [-0.25, -0.2) is 0 Å². The summed E-state index contributed by atoms with van der Waals surface area (Å²) < 4.78 is 0. The fraction of sp³-hybridized carbons (Fsp3) is 0.435. The monoisotopic (exact) mass is 437 g/mol. The van der Waals surface area contributed by atoms with E-state index in [0.29, 0.717) is 35.7 Å². The summed E-state index contributed by atoms with van der Waals surface area (Å²) in [5.41, 5.74) is 1.03. The molecule has 0 bridgehead atoms. The summed E-state index contributed by atoms with van der Waals surface area (Å²) in [7, 11) is 0. The first-order valence-corrected chi connectivity index (χ1v) is 10.8. The Morgan fingerprint density at radius 2 is 1.59 bits per heavy atom. The van der Waals surface area contributed by atoms with Gasteiger partial charge < -0.3 is 15.1 Å². The van der Waals surface area contributed by atoms with Crippen molar-refractivity contribution in [3.8, 4) is 0 Å². The highest BCUT2D eigenvalue weighted by atomic mass is 35.5. The molecule has 0 aliphatic carbocycles. The number of halogens is 2. The van der Waals surface area contributed by atoms with Gasteiger partial charge in [-0.2, -0.15) is 0 Å². The lowest BCUT2D eigenvalue weighted by Gasteiger charge is -2.15. The minimum Gasteiger partial charge on any atom is -0.389 e. The Hall–Kier alpha value is -1.59. The van der Waals surface area contributed by atoms with Crippen LogP contribution < -0.4 is 0 Å². The normalized spacial score (nSPS) is 17.0. The zero-order valence-corrected chi connectivity index (χ0v) is 18.0. The molecule has 2 N–H and O–H groups in total. The molecule has 29 heavy (non-hydrogen) atoms. The number of hydrogen-bond acceptors (Lipinski definition) is 3. The number of nitrogens with zero attached hydrogens (tertiary/aromatic N) is 1. The van der Waals surface area contributed by atoms with Crippen LogP contribution in [0.2, 0.25) is 10.0 Å². The lowest BCUT2D eigenvalue weighted by molar-refractivity contribution is -0.130. The lowest BCUT2D eigenvalue weighted by Crippen LogP contribution is -2.28. The third-order valence-electron chi connectivity index (χ3n) is 4.83. The van der Waals surface area contributed by atoms with Crippen molar-refractivity contribution in [3.63, 3.8) is 0 Å². The van der Waals surface area contributed by atoms with Crippen LogP contribution in [0.25, 0.3) is 0 Å². The number of rotatable bonds is 10. The molecule has 2 unspecified atom stereocenters. The van der Waals surface area contributed by atoms with Crippen LogP contribution in [0.1, 0.15) is 37.7 Å². The van der Waals surface area contributed by atoms with E-state index in [-0.39, 0.29) is 5.91 Å². The SMILES string of the molecule is O=C(CCC(O)/C=C/C=C/C=C/C(O)CCc1ccc(Cl)c(Cl)c1)N1CCCC1. The number of allylic oxidation sites excluding steroid dienone is 4. The van der Waals surface area contributed by atoms with E-state index in [2.05, 4.69) is 0 Å². The van der Waals surface area contributed by atoms with Crippen LogP contribution in [-0.4, -0.2) is 46.3 Å². The van der Waals surface area contributed by atoms with Crippen molar-refractivity contribution >= 4 is 29.1 Å². The number of carbonyl (C=O) groups is 1. The minimum atomic E-state index is -0.632. The van der Waals surface area contributed by atoms with Crippen LogP contribution in [0.5, 0.6) is 0 Å². The zero-order chi connectivity index (χ0) is 21.1. The van der Waals surface area contributed by atoms with Crippen molar-refractivity contribution in [2.75, 3.05) is 13.1 Å². The molecule has 0 saturated carbocycles. The maximum absolute atomic E-state index is 11.9. The minimum absolute atomic E-state index is 0.128. The molecule has 0 radical (unpaired) electrons. The Morgan fingerprint density at radius 1 is 0.966 bits per heavy atom. The lowest BCUT2D eigenvalue weighted by atomic mass is 10.1. The molecule has 0 aromatic heterocycles. The summed E-state index contributed by atoms with van der Waals surface area (Å²) in [5.74, 6) is 0.128. The average molecular weight is 438 g/mol. The molecule has 1 saturated heterocycles. The van der Waals surface area contributed by atoms with Crippen molar-refractivity contribution in [1.29, 1.82) is 0 Å². The Kier molecular flexibility index (Phi) is 10.5. The third-order valence-corrected chi connectivity index (χ3v) is 5.56. The molecule has 2 atom stereocenters. The van der Waals surface area contributed by atoms with Gasteiger partial charge in [0, 0.05) is 19.5 Å². The summed E-state index contributed by atoms with van der Waals surface area (Å²) >= 11 is 11.9. The van der Waals surface area contributed by atoms with E-state index in [0.717, 1.165) is 31.5 Å². The Bertz CT molecular complexity index is 740. The van der Waals surface area contributed by atoms with Gasteiger partial charge >= 0.3 is 0 Å². The molecule has 1 heterocycles. The molecule has 4 nitrogen and oxygen atoms in total. The van der Waals surface area contributed by atoms with E-state index in [1.54, 1.807) is 42.5 Å². The molecule has 1 aromatic carbocycles. The van der Waals surface area contributed by atoms with Crippen LogP contribution in [-0.2, 0) is 11.2 Å².